The second-order valence-corrected chi connectivity index (χ2v) is 9.09. The van der Waals surface area contributed by atoms with Gasteiger partial charge >= 0.3 is 0 Å². The molecule has 1 aromatic carbocycles. The second kappa shape index (κ2) is 5.33. The molecular formula is C20H21N5OS. The van der Waals surface area contributed by atoms with Crippen LogP contribution in [-0.2, 0) is 7.05 Å². The Hall–Kier alpha value is -2.38. The summed E-state index contributed by atoms with van der Waals surface area (Å²) in [4.78, 5) is 7.19. The minimum Gasteiger partial charge on any atom is -0.494 e. The summed E-state index contributed by atoms with van der Waals surface area (Å²) in [6, 6.07) is 4.25. The minimum absolute atomic E-state index is 0.586. The highest BCUT2D eigenvalue weighted by Gasteiger charge is 2.49. The highest BCUT2D eigenvalue weighted by atomic mass is 32.1. The number of thiazole rings is 1. The van der Waals surface area contributed by atoms with Gasteiger partial charge in [0.05, 0.1) is 17.7 Å². The number of aryl methyl sites for hydroxylation is 1. The van der Waals surface area contributed by atoms with Gasteiger partial charge < -0.3 is 10.1 Å². The molecule has 0 atom stereocenters. The van der Waals surface area contributed by atoms with Crippen LogP contribution >= 0.6 is 11.3 Å². The van der Waals surface area contributed by atoms with Crippen LogP contribution < -0.4 is 10.1 Å². The first-order valence-electron chi connectivity index (χ1n) is 9.33. The highest BCUT2D eigenvalue weighted by Crippen LogP contribution is 2.53. The van der Waals surface area contributed by atoms with Gasteiger partial charge in [-0.3, -0.25) is 9.08 Å². The number of imidazole rings is 1. The van der Waals surface area contributed by atoms with Crippen LogP contribution in [0.3, 0.4) is 0 Å². The lowest BCUT2D eigenvalue weighted by Crippen LogP contribution is -2.59. The molecule has 7 heteroatoms. The van der Waals surface area contributed by atoms with E-state index in [-0.39, 0.29) is 0 Å². The summed E-state index contributed by atoms with van der Waals surface area (Å²) in [6.45, 7) is 2.38. The Labute approximate surface area is 160 Å². The van der Waals surface area contributed by atoms with Crippen LogP contribution in [0.25, 0.3) is 26.3 Å². The molecule has 1 saturated heterocycles. The quantitative estimate of drug-likeness (QED) is 0.593. The van der Waals surface area contributed by atoms with E-state index in [4.69, 9.17) is 9.72 Å². The third-order valence-electron chi connectivity index (χ3n) is 6.14. The van der Waals surface area contributed by atoms with E-state index in [2.05, 4.69) is 39.3 Å². The van der Waals surface area contributed by atoms with E-state index in [0.717, 1.165) is 27.2 Å². The standard InChI is InChI=1S/C20H21N5OS/c1-24-7-13-3-12(4-16(26-2)18(13)23-24)17-9-25-8-15(22-19(25)27-17)14-5-20(6-14)10-21-11-20/h3-4,7-9,14,21H,5-6,10-11H2,1-2H3. The Balaban J connectivity index is 1.35. The maximum Gasteiger partial charge on any atom is 0.194 e. The number of hydrogen-bond acceptors (Lipinski definition) is 5. The number of ether oxygens (including phenoxy) is 1. The molecule has 1 aliphatic heterocycles. The summed E-state index contributed by atoms with van der Waals surface area (Å²) < 4.78 is 9.57. The summed E-state index contributed by atoms with van der Waals surface area (Å²) in [5, 5.41) is 8.99. The number of methoxy groups -OCH3 is 1. The summed E-state index contributed by atoms with van der Waals surface area (Å²) in [7, 11) is 3.63. The Kier molecular flexibility index (Phi) is 3.09. The topological polar surface area (TPSA) is 56.4 Å². The zero-order chi connectivity index (χ0) is 18.2. The molecule has 0 amide bonds. The first kappa shape index (κ1) is 15.7. The van der Waals surface area contributed by atoms with Crippen molar-refractivity contribution in [3.63, 3.8) is 0 Å². The first-order valence-corrected chi connectivity index (χ1v) is 10.2. The molecule has 4 aromatic rings. The number of rotatable bonds is 3. The molecule has 2 fully saturated rings. The highest BCUT2D eigenvalue weighted by molar-refractivity contribution is 7.20. The van der Waals surface area contributed by atoms with Gasteiger partial charge in [-0.1, -0.05) is 11.3 Å². The molecule has 1 saturated carbocycles. The van der Waals surface area contributed by atoms with E-state index >= 15 is 0 Å². The Morgan fingerprint density at radius 2 is 2.07 bits per heavy atom. The zero-order valence-corrected chi connectivity index (χ0v) is 16.2. The Morgan fingerprint density at radius 1 is 1.22 bits per heavy atom. The number of nitrogens with zero attached hydrogens (tertiary/aromatic N) is 4. The molecule has 6 nitrogen and oxygen atoms in total. The van der Waals surface area contributed by atoms with Crippen molar-refractivity contribution in [1.82, 2.24) is 24.5 Å². The lowest BCUT2D eigenvalue weighted by atomic mass is 9.58. The van der Waals surface area contributed by atoms with E-state index in [1.807, 2.05) is 17.9 Å². The lowest BCUT2D eigenvalue weighted by Gasteiger charge is -2.54. The number of nitrogens with one attached hydrogen (secondary N) is 1. The number of hydrogen-bond donors (Lipinski definition) is 1. The fourth-order valence-electron chi connectivity index (χ4n) is 4.63. The Morgan fingerprint density at radius 3 is 2.78 bits per heavy atom. The van der Waals surface area contributed by atoms with E-state index in [0.29, 0.717) is 11.3 Å². The zero-order valence-electron chi connectivity index (χ0n) is 15.4. The smallest absolute Gasteiger partial charge is 0.194 e. The molecule has 0 bridgehead atoms. The van der Waals surface area contributed by atoms with Crippen LogP contribution in [0.4, 0.5) is 0 Å². The SMILES string of the molecule is COc1cc(-c2cn3cc(C4CC5(CNC5)C4)nc3s2)cc2cn(C)nc12. The third kappa shape index (κ3) is 2.28. The van der Waals surface area contributed by atoms with Crippen LogP contribution in [0.2, 0.25) is 0 Å². The van der Waals surface area contributed by atoms with Crippen LogP contribution in [0.15, 0.2) is 30.7 Å². The van der Waals surface area contributed by atoms with Crippen molar-refractivity contribution in [2.45, 2.75) is 18.8 Å². The predicted molar refractivity (Wildman–Crippen MR) is 107 cm³/mol. The summed E-state index contributed by atoms with van der Waals surface area (Å²) in [6.07, 6.45) is 9.00. The molecule has 0 unspecified atom stereocenters. The van der Waals surface area contributed by atoms with Gasteiger partial charge in [-0.25, -0.2) is 4.98 Å². The van der Waals surface area contributed by atoms with Gasteiger partial charge in [-0.15, -0.1) is 0 Å². The fourth-order valence-corrected chi connectivity index (χ4v) is 5.59. The monoisotopic (exact) mass is 379 g/mol. The number of fused-ring (bicyclic) bond motifs is 2. The van der Waals surface area contributed by atoms with Crippen molar-refractivity contribution < 1.29 is 4.74 Å². The third-order valence-corrected chi connectivity index (χ3v) is 7.19. The second-order valence-electron chi connectivity index (χ2n) is 8.08. The van der Waals surface area contributed by atoms with Crippen LogP contribution in [0, 0.1) is 5.41 Å². The number of benzene rings is 1. The molecule has 27 heavy (non-hydrogen) atoms. The van der Waals surface area contributed by atoms with Crippen molar-refractivity contribution >= 4 is 27.2 Å². The molecule has 0 radical (unpaired) electrons. The Bertz CT molecular complexity index is 1140. The van der Waals surface area contributed by atoms with E-state index < -0.39 is 0 Å². The molecule has 4 heterocycles. The lowest BCUT2D eigenvalue weighted by molar-refractivity contribution is 0.0349. The largest absolute Gasteiger partial charge is 0.494 e. The van der Waals surface area contributed by atoms with Crippen LogP contribution in [0.1, 0.15) is 24.5 Å². The van der Waals surface area contributed by atoms with Crippen molar-refractivity contribution in [3.8, 4) is 16.2 Å². The van der Waals surface area contributed by atoms with Crippen molar-refractivity contribution in [3.05, 3.63) is 36.4 Å². The average molecular weight is 379 g/mol. The first-order chi connectivity index (χ1) is 13.1. The fraction of sp³-hybridized carbons (Fsp3) is 0.400. The molecule has 1 aliphatic carbocycles. The van der Waals surface area contributed by atoms with Crippen LogP contribution in [0.5, 0.6) is 5.75 Å². The number of aromatic nitrogens is 4. The van der Waals surface area contributed by atoms with Crippen molar-refractivity contribution in [2.24, 2.45) is 12.5 Å². The van der Waals surface area contributed by atoms with E-state index in [1.54, 1.807) is 18.4 Å². The molecule has 138 valence electrons. The molecule has 1 spiro atoms. The van der Waals surface area contributed by atoms with Crippen molar-refractivity contribution in [2.75, 3.05) is 20.2 Å². The minimum atomic E-state index is 0.586. The molecule has 6 rings (SSSR count). The normalized spacial score (nSPS) is 18.9. The molecule has 1 N–H and O–H groups in total. The van der Waals surface area contributed by atoms with Gasteiger partial charge in [0.2, 0.25) is 0 Å². The van der Waals surface area contributed by atoms with Gasteiger partial charge in [0.1, 0.15) is 11.3 Å². The van der Waals surface area contributed by atoms with Gasteiger partial charge in [-0.2, -0.15) is 5.10 Å². The summed E-state index contributed by atoms with van der Waals surface area (Å²) >= 11 is 1.73. The van der Waals surface area contributed by atoms with E-state index in [9.17, 15) is 0 Å². The summed E-state index contributed by atoms with van der Waals surface area (Å²) in [5.74, 6) is 1.44. The molecule has 2 aliphatic rings. The average Bonchev–Trinajstić information content (AvgIpc) is 3.22. The van der Waals surface area contributed by atoms with Gasteiger partial charge in [0, 0.05) is 50.0 Å². The maximum absolute atomic E-state index is 5.57. The molecule has 3 aromatic heterocycles. The maximum atomic E-state index is 5.57. The summed E-state index contributed by atoms with van der Waals surface area (Å²) in [5.41, 5.74) is 3.89. The van der Waals surface area contributed by atoms with Gasteiger partial charge in [0.25, 0.3) is 0 Å². The van der Waals surface area contributed by atoms with Gasteiger partial charge in [0.15, 0.2) is 4.96 Å². The van der Waals surface area contributed by atoms with Gasteiger partial charge in [-0.05, 0) is 36.0 Å². The predicted octanol–water partition coefficient (Wildman–Crippen LogP) is 3.43. The van der Waals surface area contributed by atoms with Crippen LogP contribution in [-0.4, -0.2) is 39.4 Å². The van der Waals surface area contributed by atoms with Crippen molar-refractivity contribution in [1.29, 1.82) is 0 Å². The molecular weight excluding hydrogens is 358 g/mol. The van der Waals surface area contributed by atoms with E-state index in [1.165, 1.54) is 36.5 Å².